The average Bonchev–Trinajstić information content (AvgIpc) is 2.48. The summed E-state index contributed by atoms with van der Waals surface area (Å²) in [7, 11) is -1.68. The molecule has 1 fully saturated rings. The molecule has 3 unspecified atom stereocenters. The van der Waals surface area contributed by atoms with Crippen molar-refractivity contribution in [2.75, 3.05) is 0 Å². The van der Waals surface area contributed by atoms with E-state index in [1.807, 2.05) is 19.9 Å². The van der Waals surface area contributed by atoms with Crippen molar-refractivity contribution in [3.05, 3.63) is 12.2 Å². The minimum atomic E-state index is -1.68. The maximum absolute atomic E-state index is 11.3. The topological polar surface area (TPSA) is 46.5 Å². The molecule has 1 aliphatic rings. The quantitative estimate of drug-likeness (QED) is 0.624. The van der Waals surface area contributed by atoms with Gasteiger partial charge >= 0.3 is 0 Å². The molecule has 0 bridgehead atoms. The summed E-state index contributed by atoms with van der Waals surface area (Å²) in [5.41, 5.74) is -1.03. The van der Waals surface area contributed by atoms with Gasteiger partial charge in [0.05, 0.1) is 11.2 Å². The molecule has 4 heteroatoms. The lowest BCUT2D eigenvalue weighted by molar-refractivity contribution is -0.112. The van der Waals surface area contributed by atoms with Crippen molar-refractivity contribution < 1.29 is 14.3 Å². The molecule has 1 saturated carbocycles. The largest absolute Gasteiger partial charge is 0.412 e. The van der Waals surface area contributed by atoms with Crippen LogP contribution in [0.2, 0.25) is 19.6 Å². The minimum Gasteiger partial charge on any atom is -0.412 e. The summed E-state index contributed by atoms with van der Waals surface area (Å²) in [6.45, 7) is 13.9. The van der Waals surface area contributed by atoms with Crippen LogP contribution < -0.4 is 0 Å². The molecule has 0 heterocycles. The molecule has 0 aromatic rings. The maximum Gasteiger partial charge on any atom is 0.184 e. The fourth-order valence-corrected chi connectivity index (χ4v) is 5.04. The zero-order valence-corrected chi connectivity index (χ0v) is 15.0. The molecule has 1 rings (SSSR count). The third kappa shape index (κ3) is 4.54. The van der Waals surface area contributed by atoms with Crippen molar-refractivity contribution in [1.82, 2.24) is 0 Å². The second kappa shape index (κ2) is 5.74. The summed E-state index contributed by atoms with van der Waals surface area (Å²) < 4.78 is 6.42. The molecule has 0 aromatic carbocycles. The number of hydrogen-bond acceptors (Lipinski definition) is 3. The zero-order valence-electron chi connectivity index (χ0n) is 14.0. The van der Waals surface area contributed by atoms with Crippen LogP contribution in [0.25, 0.3) is 0 Å². The summed E-state index contributed by atoms with van der Waals surface area (Å²) in [6.07, 6.45) is 5.44. The van der Waals surface area contributed by atoms with E-state index >= 15 is 0 Å². The van der Waals surface area contributed by atoms with Gasteiger partial charge in [0.2, 0.25) is 0 Å². The summed E-state index contributed by atoms with van der Waals surface area (Å²) >= 11 is 0. The molecular weight excluding hydrogens is 268 g/mol. The van der Waals surface area contributed by atoms with E-state index in [4.69, 9.17) is 4.43 Å². The van der Waals surface area contributed by atoms with E-state index in [0.717, 1.165) is 12.8 Å². The molecule has 1 aliphatic carbocycles. The molecule has 3 atom stereocenters. The fourth-order valence-electron chi connectivity index (χ4n) is 3.40. The van der Waals surface area contributed by atoms with E-state index in [0.29, 0.717) is 0 Å². The highest BCUT2D eigenvalue weighted by Gasteiger charge is 2.50. The first-order valence-corrected chi connectivity index (χ1v) is 10.9. The zero-order chi connectivity index (χ0) is 15.8. The van der Waals surface area contributed by atoms with Crippen LogP contribution in [0.4, 0.5) is 0 Å². The van der Waals surface area contributed by atoms with Crippen LogP contribution in [-0.2, 0) is 9.22 Å². The van der Waals surface area contributed by atoms with Crippen molar-refractivity contribution in [2.45, 2.75) is 71.4 Å². The Hall–Kier alpha value is -0.453. The number of rotatable bonds is 5. The summed E-state index contributed by atoms with van der Waals surface area (Å²) in [6, 6.07) is 0. The Morgan fingerprint density at radius 2 is 1.95 bits per heavy atom. The van der Waals surface area contributed by atoms with Gasteiger partial charge in [-0.05, 0) is 72.2 Å². The Bertz CT molecular complexity index is 390. The monoisotopic (exact) mass is 298 g/mol. The van der Waals surface area contributed by atoms with E-state index in [2.05, 4.69) is 26.6 Å². The van der Waals surface area contributed by atoms with Crippen LogP contribution in [0, 0.1) is 11.8 Å². The van der Waals surface area contributed by atoms with Crippen molar-refractivity contribution in [1.29, 1.82) is 0 Å². The first-order chi connectivity index (χ1) is 8.85. The number of allylic oxidation sites excluding steroid dienone is 1. The number of aliphatic hydroxyl groups is 1. The SMILES string of the molecule is CC(=O)/C=C/C1C(C(C)(C)O)CCC1(C)O[Si](C)(C)C. The molecule has 0 aromatic heterocycles. The van der Waals surface area contributed by atoms with Gasteiger partial charge in [-0.25, -0.2) is 0 Å². The Kier molecular flexibility index (Phi) is 5.05. The van der Waals surface area contributed by atoms with Gasteiger partial charge in [-0.3, -0.25) is 4.79 Å². The maximum atomic E-state index is 11.3. The predicted octanol–water partition coefficient (Wildman–Crippen LogP) is 3.54. The molecule has 1 N–H and O–H groups in total. The molecule has 0 aliphatic heterocycles. The van der Waals surface area contributed by atoms with Gasteiger partial charge < -0.3 is 9.53 Å². The smallest absolute Gasteiger partial charge is 0.184 e. The standard InChI is InChI=1S/C16H30O3Si/c1-12(17)8-9-14-13(15(2,3)18)10-11-16(14,4)19-20(5,6)7/h8-9,13-14,18H,10-11H2,1-7H3/b9-8+. The fraction of sp³-hybridized carbons (Fsp3) is 0.812. The first kappa shape index (κ1) is 17.6. The molecule has 116 valence electrons. The second-order valence-electron chi connectivity index (χ2n) is 7.82. The van der Waals surface area contributed by atoms with Crippen LogP contribution in [0.15, 0.2) is 12.2 Å². The van der Waals surface area contributed by atoms with Crippen molar-refractivity contribution in [2.24, 2.45) is 11.8 Å². The highest BCUT2D eigenvalue weighted by atomic mass is 28.4. The minimum absolute atomic E-state index is 0.0433. The van der Waals surface area contributed by atoms with Crippen LogP contribution in [0.3, 0.4) is 0 Å². The van der Waals surface area contributed by atoms with Crippen LogP contribution in [0.1, 0.15) is 40.5 Å². The third-order valence-corrected chi connectivity index (χ3v) is 5.15. The molecule has 0 amide bonds. The van der Waals surface area contributed by atoms with Gasteiger partial charge in [0.25, 0.3) is 0 Å². The number of ketones is 1. The van der Waals surface area contributed by atoms with E-state index in [1.54, 1.807) is 13.0 Å². The van der Waals surface area contributed by atoms with Crippen molar-refractivity contribution >= 4 is 14.1 Å². The summed E-state index contributed by atoms with van der Waals surface area (Å²) in [4.78, 5) is 11.3. The first-order valence-electron chi connectivity index (χ1n) is 7.46. The van der Waals surface area contributed by atoms with Gasteiger partial charge in [-0.15, -0.1) is 0 Å². The van der Waals surface area contributed by atoms with E-state index < -0.39 is 13.9 Å². The third-order valence-electron chi connectivity index (χ3n) is 4.08. The molecule has 0 spiro atoms. The molecule has 0 radical (unpaired) electrons. The van der Waals surface area contributed by atoms with E-state index in [-0.39, 0.29) is 23.2 Å². The Morgan fingerprint density at radius 3 is 2.35 bits per heavy atom. The van der Waals surface area contributed by atoms with Crippen molar-refractivity contribution in [3.63, 3.8) is 0 Å². The lowest BCUT2D eigenvalue weighted by atomic mass is 9.78. The lowest BCUT2D eigenvalue weighted by Gasteiger charge is -2.40. The molecule has 0 saturated heterocycles. The summed E-state index contributed by atoms with van der Waals surface area (Å²) in [5, 5.41) is 10.4. The number of carbonyl (C=O) groups is 1. The Labute approximate surface area is 124 Å². The highest BCUT2D eigenvalue weighted by Crippen LogP contribution is 2.49. The van der Waals surface area contributed by atoms with Crippen LogP contribution in [0.5, 0.6) is 0 Å². The lowest BCUT2D eigenvalue weighted by Crippen LogP contribution is -2.46. The Balaban J connectivity index is 3.09. The normalized spacial score (nSPS) is 32.0. The van der Waals surface area contributed by atoms with E-state index in [1.165, 1.54) is 0 Å². The van der Waals surface area contributed by atoms with Gasteiger partial charge in [-0.1, -0.05) is 6.08 Å². The van der Waals surface area contributed by atoms with Gasteiger partial charge in [0.1, 0.15) is 0 Å². The van der Waals surface area contributed by atoms with Crippen LogP contribution >= 0.6 is 0 Å². The summed E-state index contributed by atoms with van der Waals surface area (Å²) in [5.74, 6) is 0.249. The van der Waals surface area contributed by atoms with Crippen LogP contribution in [-0.4, -0.2) is 30.4 Å². The molecular formula is C16H30O3Si. The molecule has 3 nitrogen and oxygen atoms in total. The van der Waals surface area contributed by atoms with Gasteiger partial charge in [-0.2, -0.15) is 0 Å². The second-order valence-corrected chi connectivity index (χ2v) is 12.3. The molecule has 20 heavy (non-hydrogen) atoms. The average molecular weight is 298 g/mol. The Morgan fingerprint density at radius 1 is 1.40 bits per heavy atom. The van der Waals surface area contributed by atoms with Gasteiger partial charge in [0, 0.05) is 5.92 Å². The van der Waals surface area contributed by atoms with Gasteiger partial charge in [0.15, 0.2) is 14.1 Å². The predicted molar refractivity (Wildman–Crippen MR) is 85.2 cm³/mol. The number of hydrogen-bond donors (Lipinski definition) is 1. The number of carbonyl (C=O) groups excluding carboxylic acids is 1. The van der Waals surface area contributed by atoms with E-state index in [9.17, 15) is 9.90 Å². The highest BCUT2D eigenvalue weighted by molar-refractivity contribution is 6.69. The van der Waals surface area contributed by atoms with Crippen molar-refractivity contribution in [3.8, 4) is 0 Å².